The zero-order valence-corrected chi connectivity index (χ0v) is 26.0. The van der Waals surface area contributed by atoms with E-state index in [1.165, 1.54) is 66.7 Å². The van der Waals surface area contributed by atoms with Gasteiger partial charge in [0, 0.05) is 43.1 Å². The summed E-state index contributed by atoms with van der Waals surface area (Å²) in [5, 5.41) is 1.40. The van der Waals surface area contributed by atoms with Crippen LogP contribution >= 0.6 is 0 Å². The first-order valence-corrected chi connectivity index (χ1v) is 15.4. The number of fused-ring (bicyclic) bond motifs is 14. The number of ether oxygens (including phenoxy) is 2. The number of benzene rings is 3. The van der Waals surface area contributed by atoms with Crippen LogP contribution in [0.4, 0.5) is 0 Å². The minimum atomic E-state index is -0.0746. The molecule has 4 aromatic rings. The third-order valence-corrected chi connectivity index (χ3v) is 11.4. The van der Waals surface area contributed by atoms with E-state index in [0.29, 0.717) is 23.7 Å². The predicted octanol–water partition coefficient (Wildman–Crippen LogP) is 8.44. The lowest BCUT2D eigenvalue weighted by Gasteiger charge is -2.31. The van der Waals surface area contributed by atoms with Gasteiger partial charge in [0.15, 0.2) is 5.54 Å². The van der Waals surface area contributed by atoms with Crippen molar-refractivity contribution in [3.05, 3.63) is 93.0 Å². The second-order valence-corrected chi connectivity index (χ2v) is 14.5. The first kappa shape index (κ1) is 25.5. The minimum absolute atomic E-state index is 0.00729. The number of hydrogen-bond acceptors (Lipinski definition) is 2. The highest BCUT2D eigenvalue weighted by Gasteiger charge is 2.74. The van der Waals surface area contributed by atoms with Gasteiger partial charge in [-0.1, -0.05) is 58.0 Å². The van der Waals surface area contributed by atoms with Crippen LogP contribution in [0.15, 0.2) is 48.5 Å². The summed E-state index contributed by atoms with van der Waals surface area (Å²) in [5.74, 6) is 2.74. The number of rotatable bonds is 3. The highest BCUT2D eigenvalue weighted by atomic mass is 16.5. The third kappa shape index (κ3) is 3.01. The summed E-state index contributed by atoms with van der Waals surface area (Å²) in [6, 6.07) is 19.0. The van der Waals surface area contributed by atoms with E-state index in [9.17, 15) is 0 Å². The van der Waals surface area contributed by atoms with E-state index in [0.717, 1.165) is 12.4 Å². The van der Waals surface area contributed by atoms with Gasteiger partial charge in [-0.05, 0) is 71.7 Å². The van der Waals surface area contributed by atoms with Crippen LogP contribution in [-0.4, -0.2) is 13.7 Å². The summed E-state index contributed by atoms with van der Waals surface area (Å²) < 4.78 is 15.4. The molecule has 5 unspecified atom stereocenters. The van der Waals surface area contributed by atoms with Gasteiger partial charge in [0.25, 0.3) is 0 Å². The van der Waals surface area contributed by atoms with Crippen molar-refractivity contribution in [3.63, 3.8) is 0 Å². The third-order valence-electron chi connectivity index (χ3n) is 11.4. The van der Waals surface area contributed by atoms with Crippen LogP contribution in [0.5, 0.6) is 5.75 Å². The summed E-state index contributed by atoms with van der Waals surface area (Å²) in [7, 11) is 1.86. The Morgan fingerprint density at radius 1 is 0.878 bits per heavy atom. The fraction of sp³-hybridized carbons (Fsp3) is 0.447. The maximum atomic E-state index is 6.82. The van der Waals surface area contributed by atoms with Crippen LogP contribution in [0, 0.1) is 26.7 Å². The van der Waals surface area contributed by atoms with Gasteiger partial charge in [-0.2, -0.15) is 4.57 Å². The topological polar surface area (TPSA) is 22.3 Å². The molecule has 41 heavy (non-hydrogen) atoms. The lowest BCUT2D eigenvalue weighted by Crippen LogP contribution is -2.52. The molecule has 3 heteroatoms. The van der Waals surface area contributed by atoms with Crippen LogP contribution in [0.2, 0.25) is 0 Å². The Balaban J connectivity index is 1.43. The molecule has 0 N–H and O–H groups in total. The van der Waals surface area contributed by atoms with Crippen molar-refractivity contribution in [2.75, 3.05) is 13.7 Å². The van der Waals surface area contributed by atoms with Crippen molar-refractivity contribution in [1.82, 2.24) is 0 Å². The van der Waals surface area contributed by atoms with Gasteiger partial charge >= 0.3 is 0 Å². The zero-order chi connectivity index (χ0) is 28.7. The van der Waals surface area contributed by atoms with E-state index in [1.54, 1.807) is 0 Å². The van der Waals surface area contributed by atoms with Crippen LogP contribution in [0.3, 0.4) is 0 Å². The summed E-state index contributed by atoms with van der Waals surface area (Å²) >= 11 is 0. The number of nitrogens with zero attached hydrogens (tertiary/aromatic N) is 1. The maximum absolute atomic E-state index is 6.82. The molecular formula is C38H42NO2+. The summed E-state index contributed by atoms with van der Waals surface area (Å²) in [4.78, 5) is 0. The van der Waals surface area contributed by atoms with Gasteiger partial charge in [0.1, 0.15) is 11.9 Å². The Hall–Kier alpha value is -3.17. The van der Waals surface area contributed by atoms with Crippen molar-refractivity contribution in [3.8, 4) is 17.0 Å². The Morgan fingerprint density at radius 3 is 2.34 bits per heavy atom. The number of aromatic nitrogens is 1. The number of aryl methyl sites for hydroxylation is 3. The summed E-state index contributed by atoms with van der Waals surface area (Å²) in [6.07, 6.45) is 0.0597. The largest absolute Gasteiger partial charge is 0.485 e. The minimum Gasteiger partial charge on any atom is -0.485 e. The Morgan fingerprint density at radius 2 is 1.61 bits per heavy atom. The normalized spacial score (nSPS) is 27.6. The summed E-state index contributed by atoms with van der Waals surface area (Å²) in [5.41, 5.74) is 15.3. The molecule has 3 heterocycles. The van der Waals surface area contributed by atoms with E-state index in [-0.39, 0.29) is 17.1 Å². The Bertz CT molecular complexity index is 1810. The summed E-state index contributed by atoms with van der Waals surface area (Å²) in [6.45, 7) is 19.6. The molecule has 2 aliphatic carbocycles. The monoisotopic (exact) mass is 544 g/mol. The molecule has 0 bridgehead atoms. The molecule has 3 nitrogen and oxygen atoms in total. The first-order chi connectivity index (χ1) is 19.5. The quantitative estimate of drug-likeness (QED) is 0.242. The van der Waals surface area contributed by atoms with E-state index in [1.807, 2.05) is 7.11 Å². The van der Waals surface area contributed by atoms with Crippen LogP contribution in [0.25, 0.3) is 22.2 Å². The van der Waals surface area contributed by atoms with Gasteiger partial charge in [-0.3, -0.25) is 0 Å². The second kappa shape index (κ2) is 8.01. The fourth-order valence-corrected chi connectivity index (χ4v) is 9.59. The zero-order valence-electron chi connectivity index (χ0n) is 26.0. The maximum Gasteiger partial charge on any atom is 0.214 e. The molecule has 4 aliphatic rings. The molecular weight excluding hydrogens is 502 g/mol. The SMILES string of the molecule is COCC1C2c3ccc4c(c3-c3cc(C)c5c(C)cc(C)cc5[n+]3C12C)C(C)(C)C1c2cc(C(C)C)ccc2OC41. The van der Waals surface area contributed by atoms with Gasteiger partial charge in [0.05, 0.1) is 29.4 Å². The van der Waals surface area contributed by atoms with Crippen molar-refractivity contribution in [2.24, 2.45) is 5.92 Å². The molecule has 8 rings (SSSR count). The van der Waals surface area contributed by atoms with Gasteiger partial charge < -0.3 is 9.47 Å². The highest BCUT2D eigenvalue weighted by molar-refractivity contribution is 5.87. The smallest absolute Gasteiger partial charge is 0.214 e. The molecule has 0 spiro atoms. The molecule has 0 radical (unpaired) electrons. The van der Waals surface area contributed by atoms with E-state index in [2.05, 4.69) is 108 Å². The Kier molecular flexibility index (Phi) is 4.99. The van der Waals surface area contributed by atoms with Crippen molar-refractivity contribution >= 4 is 10.9 Å². The molecule has 3 aromatic carbocycles. The molecule has 1 fully saturated rings. The van der Waals surface area contributed by atoms with Crippen LogP contribution < -0.4 is 9.30 Å². The predicted molar refractivity (Wildman–Crippen MR) is 165 cm³/mol. The molecule has 210 valence electrons. The van der Waals surface area contributed by atoms with Crippen molar-refractivity contribution in [1.29, 1.82) is 0 Å². The van der Waals surface area contributed by atoms with Crippen molar-refractivity contribution in [2.45, 2.75) is 90.2 Å². The molecule has 2 aliphatic heterocycles. The van der Waals surface area contributed by atoms with Gasteiger partial charge in [-0.25, -0.2) is 0 Å². The van der Waals surface area contributed by atoms with Crippen LogP contribution in [-0.2, 0) is 15.7 Å². The van der Waals surface area contributed by atoms with Gasteiger partial charge in [-0.15, -0.1) is 0 Å². The van der Waals surface area contributed by atoms with E-state index < -0.39 is 0 Å². The van der Waals surface area contributed by atoms with Crippen molar-refractivity contribution < 1.29 is 14.0 Å². The Labute approximate surface area is 244 Å². The standard InChI is InChI=1S/C38H42NO2/c1-19(2)23-10-13-30-26(17-23)35-36(41-30)25-12-11-24-32(34(25)37(35,6)7)29-16-22(5)31-21(4)14-20(3)15-28(31)39(29)38(8)27(18-40-9)33(24)38/h10-17,19,27,33,35-36H,18H2,1-9H3/q+1. The lowest BCUT2D eigenvalue weighted by molar-refractivity contribution is -0.707. The molecule has 1 saturated carbocycles. The molecule has 5 atom stereocenters. The molecule has 1 aromatic heterocycles. The number of methoxy groups -OCH3 is 1. The molecule has 0 saturated heterocycles. The van der Waals surface area contributed by atoms with Gasteiger partial charge in [0.2, 0.25) is 11.2 Å². The highest BCUT2D eigenvalue weighted by Crippen LogP contribution is 2.69. The second-order valence-electron chi connectivity index (χ2n) is 14.5. The molecule has 0 amide bonds. The number of hydrogen-bond donors (Lipinski definition) is 0. The number of pyridine rings is 1. The van der Waals surface area contributed by atoms with E-state index in [4.69, 9.17) is 9.47 Å². The fourth-order valence-electron chi connectivity index (χ4n) is 9.59. The lowest BCUT2D eigenvalue weighted by atomic mass is 9.71. The average molecular weight is 545 g/mol. The average Bonchev–Trinajstić information content (AvgIpc) is 3.21. The van der Waals surface area contributed by atoms with E-state index >= 15 is 0 Å². The van der Waals surface area contributed by atoms with Crippen LogP contribution in [0.1, 0.15) is 103 Å². The first-order valence-electron chi connectivity index (χ1n) is 15.4.